The summed E-state index contributed by atoms with van der Waals surface area (Å²) in [5, 5.41) is 4.28. The van der Waals surface area contributed by atoms with Gasteiger partial charge in [-0.2, -0.15) is 0 Å². The predicted molar refractivity (Wildman–Crippen MR) is 102 cm³/mol. The molecule has 1 aromatic heterocycles. The molecule has 2 aliphatic rings. The van der Waals surface area contributed by atoms with E-state index in [-0.39, 0.29) is 11.9 Å². The molecule has 2 unspecified atom stereocenters. The van der Waals surface area contributed by atoms with Crippen LogP contribution in [-0.4, -0.2) is 23.0 Å². The quantitative estimate of drug-likeness (QED) is 0.881. The van der Waals surface area contributed by atoms with Gasteiger partial charge in [0.05, 0.1) is 10.7 Å². The first-order valence-corrected chi connectivity index (χ1v) is 10.0. The van der Waals surface area contributed by atoms with Gasteiger partial charge in [0.2, 0.25) is 0 Å². The predicted octanol–water partition coefficient (Wildman–Crippen LogP) is 3.75. The molecule has 4 rings (SSSR count). The van der Waals surface area contributed by atoms with Crippen LogP contribution in [0.3, 0.4) is 0 Å². The van der Waals surface area contributed by atoms with Gasteiger partial charge in [0.15, 0.2) is 0 Å². The van der Waals surface area contributed by atoms with Crippen molar-refractivity contribution in [2.45, 2.75) is 51.1 Å². The average molecular weight is 356 g/mol. The zero-order valence-electron chi connectivity index (χ0n) is 14.6. The molecule has 0 radical (unpaired) electrons. The number of amides is 1. The molecular formula is C20H25N3OS. The Morgan fingerprint density at radius 3 is 2.56 bits per heavy atom. The molecule has 4 nitrogen and oxygen atoms in total. The summed E-state index contributed by atoms with van der Waals surface area (Å²) in [6.07, 6.45) is 5.71. The summed E-state index contributed by atoms with van der Waals surface area (Å²) < 4.78 is 0. The van der Waals surface area contributed by atoms with Crippen molar-refractivity contribution in [3.63, 3.8) is 0 Å². The van der Waals surface area contributed by atoms with E-state index >= 15 is 0 Å². The smallest absolute Gasteiger partial charge is 0.263 e. The van der Waals surface area contributed by atoms with E-state index in [0.717, 1.165) is 34.0 Å². The summed E-state index contributed by atoms with van der Waals surface area (Å²) in [6.45, 7) is 1.96. The van der Waals surface area contributed by atoms with Crippen LogP contribution >= 0.6 is 11.3 Å². The number of hydrogen-bond donors (Lipinski definition) is 2. The van der Waals surface area contributed by atoms with Gasteiger partial charge in [0, 0.05) is 17.6 Å². The fourth-order valence-electron chi connectivity index (χ4n) is 4.61. The Labute approximate surface area is 152 Å². The monoisotopic (exact) mass is 355 g/mol. The van der Waals surface area contributed by atoms with Crippen LogP contribution in [0.15, 0.2) is 30.3 Å². The molecule has 2 atom stereocenters. The van der Waals surface area contributed by atoms with Crippen LogP contribution < -0.4 is 11.1 Å². The molecule has 0 saturated heterocycles. The number of carbonyl (C=O) groups is 1. The molecule has 2 bridgehead atoms. The lowest BCUT2D eigenvalue weighted by atomic mass is 9.67. The number of rotatable bonds is 3. The molecule has 1 amide bonds. The lowest BCUT2D eigenvalue weighted by Crippen LogP contribution is -2.53. The van der Waals surface area contributed by atoms with Crippen LogP contribution in [0.2, 0.25) is 0 Å². The number of fused-ring (bicyclic) bond motifs is 2. The largest absolute Gasteiger partial charge is 0.348 e. The molecule has 25 heavy (non-hydrogen) atoms. The number of nitrogens with zero attached hydrogens (tertiary/aromatic N) is 1. The highest BCUT2D eigenvalue weighted by Crippen LogP contribution is 2.40. The lowest BCUT2D eigenvalue weighted by Gasteiger charge is -2.45. The lowest BCUT2D eigenvalue weighted by molar-refractivity contribution is 0.0760. The Morgan fingerprint density at radius 1 is 1.20 bits per heavy atom. The standard InChI is InChI=1S/C20H25N3OS/c1-12-22-18(13-6-3-2-4-7-13)19(25-12)20(24)23-17-14-8-5-9-15(17)11-16(21)10-14/h2-4,6-7,14-17H,5,8-11,21H2,1H3,(H,23,24). The molecule has 2 saturated carbocycles. The molecule has 2 aromatic rings. The molecule has 5 heteroatoms. The minimum Gasteiger partial charge on any atom is -0.348 e. The summed E-state index contributed by atoms with van der Waals surface area (Å²) >= 11 is 1.49. The Kier molecular flexibility index (Phi) is 4.61. The van der Waals surface area contributed by atoms with E-state index in [1.165, 1.54) is 30.6 Å². The normalized spacial score (nSPS) is 28.6. The number of hydrogen-bond acceptors (Lipinski definition) is 4. The summed E-state index contributed by atoms with van der Waals surface area (Å²) in [7, 11) is 0. The number of thiazole rings is 1. The number of benzene rings is 1. The van der Waals surface area contributed by atoms with Crippen LogP contribution in [0.1, 0.15) is 46.8 Å². The van der Waals surface area contributed by atoms with E-state index in [0.29, 0.717) is 17.9 Å². The minimum absolute atomic E-state index is 0.0295. The van der Waals surface area contributed by atoms with Gasteiger partial charge in [0.25, 0.3) is 5.91 Å². The van der Waals surface area contributed by atoms with Gasteiger partial charge in [-0.25, -0.2) is 4.98 Å². The molecule has 3 N–H and O–H groups in total. The topological polar surface area (TPSA) is 68.0 Å². The Hall–Kier alpha value is -1.72. The van der Waals surface area contributed by atoms with Crippen molar-refractivity contribution < 1.29 is 4.79 Å². The third-order valence-electron chi connectivity index (χ3n) is 5.66. The third kappa shape index (κ3) is 3.35. The number of nitrogens with two attached hydrogens (primary N) is 1. The van der Waals surface area contributed by atoms with Crippen LogP contribution in [0.25, 0.3) is 11.3 Å². The highest BCUT2D eigenvalue weighted by molar-refractivity contribution is 7.14. The maximum atomic E-state index is 13.1. The summed E-state index contributed by atoms with van der Waals surface area (Å²) in [6, 6.07) is 10.5. The Balaban J connectivity index is 1.58. The van der Waals surface area contributed by atoms with Crippen LogP contribution in [0, 0.1) is 18.8 Å². The molecule has 1 aromatic carbocycles. The van der Waals surface area contributed by atoms with E-state index in [1.54, 1.807) is 0 Å². The van der Waals surface area contributed by atoms with Crippen LogP contribution in [0.5, 0.6) is 0 Å². The number of aryl methyl sites for hydroxylation is 1. The maximum Gasteiger partial charge on any atom is 0.263 e. The van der Waals surface area contributed by atoms with Crippen LogP contribution in [-0.2, 0) is 0 Å². The highest BCUT2D eigenvalue weighted by Gasteiger charge is 2.40. The van der Waals surface area contributed by atoms with Gasteiger partial charge >= 0.3 is 0 Å². The fourth-order valence-corrected chi connectivity index (χ4v) is 5.46. The van der Waals surface area contributed by atoms with Gasteiger partial charge < -0.3 is 11.1 Å². The first-order chi connectivity index (χ1) is 12.1. The van der Waals surface area contributed by atoms with Crippen molar-refractivity contribution >= 4 is 17.2 Å². The maximum absolute atomic E-state index is 13.1. The Bertz CT molecular complexity index is 744. The number of nitrogens with one attached hydrogen (secondary N) is 1. The van der Waals surface area contributed by atoms with E-state index in [2.05, 4.69) is 10.3 Å². The number of carbonyl (C=O) groups excluding carboxylic acids is 1. The van der Waals surface area contributed by atoms with Gasteiger partial charge in [0.1, 0.15) is 4.88 Å². The van der Waals surface area contributed by atoms with E-state index in [9.17, 15) is 4.79 Å². The average Bonchev–Trinajstić information content (AvgIpc) is 2.98. The second kappa shape index (κ2) is 6.89. The van der Waals surface area contributed by atoms with Crippen molar-refractivity contribution in [3.8, 4) is 11.3 Å². The van der Waals surface area contributed by atoms with Gasteiger partial charge in [-0.15, -0.1) is 11.3 Å². The van der Waals surface area contributed by atoms with Gasteiger partial charge in [-0.1, -0.05) is 36.8 Å². The minimum atomic E-state index is 0.0295. The molecule has 0 spiro atoms. The second-order valence-electron chi connectivity index (χ2n) is 7.46. The zero-order chi connectivity index (χ0) is 17.4. The highest BCUT2D eigenvalue weighted by atomic mass is 32.1. The van der Waals surface area contributed by atoms with Gasteiger partial charge in [-0.3, -0.25) is 4.79 Å². The zero-order valence-corrected chi connectivity index (χ0v) is 15.4. The van der Waals surface area contributed by atoms with Gasteiger partial charge in [-0.05, 0) is 44.4 Å². The van der Waals surface area contributed by atoms with Crippen molar-refractivity contribution in [2.75, 3.05) is 0 Å². The second-order valence-corrected chi connectivity index (χ2v) is 8.66. The first-order valence-electron chi connectivity index (χ1n) is 9.21. The van der Waals surface area contributed by atoms with E-state index < -0.39 is 0 Å². The molecule has 0 aliphatic heterocycles. The van der Waals surface area contributed by atoms with Crippen molar-refractivity contribution in [1.82, 2.24) is 10.3 Å². The molecule has 132 valence electrons. The Morgan fingerprint density at radius 2 is 1.88 bits per heavy atom. The van der Waals surface area contributed by atoms with Crippen molar-refractivity contribution in [1.29, 1.82) is 0 Å². The van der Waals surface area contributed by atoms with E-state index in [1.807, 2.05) is 37.3 Å². The van der Waals surface area contributed by atoms with Crippen molar-refractivity contribution in [3.05, 3.63) is 40.2 Å². The molecule has 2 aliphatic carbocycles. The fraction of sp³-hybridized carbons (Fsp3) is 0.500. The molecule has 1 heterocycles. The van der Waals surface area contributed by atoms with E-state index in [4.69, 9.17) is 5.73 Å². The SMILES string of the molecule is Cc1nc(-c2ccccc2)c(C(=O)NC2C3CCCC2CC(N)C3)s1. The summed E-state index contributed by atoms with van der Waals surface area (Å²) in [4.78, 5) is 18.4. The van der Waals surface area contributed by atoms with Crippen LogP contribution in [0.4, 0.5) is 0 Å². The number of aromatic nitrogens is 1. The summed E-state index contributed by atoms with van der Waals surface area (Å²) in [5.41, 5.74) is 8.02. The molecular weight excluding hydrogens is 330 g/mol. The van der Waals surface area contributed by atoms with Crippen molar-refractivity contribution in [2.24, 2.45) is 17.6 Å². The first kappa shape index (κ1) is 16.7. The third-order valence-corrected chi connectivity index (χ3v) is 6.63. The molecule has 2 fully saturated rings. The summed E-state index contributed by atoms with van der Waals surface area (Å²) in [5.74, 6) is 1.09.